The molecule has 1 fully saturated rings. The van der Waals surface area contributed by atoms with Gasteiger partial charge in [0.15, 0.2) is 0 Å². The van der Waals surface area contributed by atoms with Crippen molar-refractivity contribution in [2.24, 2.45) is 0 Å². The monoisotopic (exact) mass is 408 g/mol. The van der Waals surface area contributed by atoms with E-state index in [4.69, 9.17) is 4.74 Å². The van der Waals surface area contributed by atoms with Crippen LogP contribution < -0.4 is 9.84 Å². The molecule has 2 aromatic carbocycles. The molecule has 0 aromatic heterocycles. The highest BCUT2D eigenvalue weighted by Gasteiger charge is 2.45. The molecule has 0 aliphatic carbocycles. The zero-order chi connectivity index (χ0) is 21.8. The van der Waals surface area contributed by atoms with Crippen molar-refractivity contribution in [2.45, 2.75) is 25.8 Å². The standard InChI is InChI=1S/C23H23NO6/c1-14-8-10-15(11-9-14)21(27)19-20(16-5-3-6-17(13-16)30-2)24(23(29)22(19)28)12-4-7-18(25)26/h3,5-6,8-11,13,20,27H,4,7,12H2,1-2H3,(H,25,26)/p-1/t20-/m1/s1. The van der Waals surface area contributed by atoms with E-state index in [0.717, 1.165) is 5.56 Å². The van der Waals surface area contributed by atoms with Crippen LogP contribution in [0, 0.1) is 6.92 Å². The Morgan fingerprint density at radius 1 is 1.17 bits per heavy atom. The maximum absolute atomic E-state index is 12.9. The lowest BCUT2D eigenvalue weighted by molar-refractivity contribution is -0.305. The maximum atomic E-state index is 12.9. The van der Waals surface area contributed by atoms with Crippen LogP contribution in [0.5, 0.6) is 5.75 Å². The third-order valence-corrected chi connectivity index (χ3v) is 5.05. The highest BCUT2D eigenvalue weighted by atomic mass is 16.5. The van der Waals surface area contributed by atoms with Gasteiger partial charge in [-0.05, 0) is 37.5 Å². The molecule has 3 rings (SSSR count). The van der Waals surface area contributed by atoms with Crippen molar-refractivity contribution in [3.05, 3.63) is 70.8 Å². The molecular formula is C23H22NO6-. The summed E-state index contributed by atoms with van der Waals surface area (Å²) in [5.74, 6) is -2.57. The van der Waals surface area contributed by atoms with E-state index in [0.29, 0.717) is 16.9 Å². The molecule has 1 saturated heterocycles. The smallest absolute Gasteiger partial charge is 0.295 e. The predicted molar refractivity (Wildman–Crippen MR) is 107 cm³/mol. The lowest BCUT2D eigenvalue weighted by Gasteiger charge is -2.25. The molecule has 1 N–H and O–H groups in total. The number of carbonyl (C=O) groups is 3. The maximum Gasteiger partial charge on any atom is 0.295 e. The van der Waals surface area contributed by atoms with Crippen molar-refractivity contribution in [2.75, 3.05) is 13.7 Å². The van der Waals surface area contributed by atoms with Crippen molar-refractivity contribution >= 4 is 23.4 Å². The van der Waals surface area contributed by atoms with Gasteiger partial charge >= 0.3 is 0 Å². The summed E-state index contributed by atoms with van der Waals surface area (Å²) in [6.45, 7) is 1.93. The van der Waals surface area contributed by atoms with E-state index < -0.39 is 23.7 Å². The molecule has 1 heterocycles. The van der Waals surface area contributed by atoms with Gasteiger partial charge in [0.1, 0.15) is 11.5 Å². The summed E-state index contributed by atoms with van der Waals surface area (Å²) in [6, 6.07) is 13.0. The number of aliphatic hydroxyl groups excluding tert-OH is 1. The Morgan fingerprint density at radius 3 is 2.50 bits per heavy atom. The Labute approximate surface area is 174 Å². The van der Waals surface area contributed by atoms with Crippen LogP contribution in [0.25, 0.3) is 5.76 Å². The van der Waals surface area contributed by atoms with Crippen molar-refractivity contribution in [3.8, 4) is 5.75 Å². The number of carbonyl (C=O) groups excluding carboxylic acids is 3. The van der Waals surface area contributed by atoms with Crippen molar-refractivity contribution in [3.63, 3.8) is 0 Å². The number of methoxy groups -OCH3 is 1. The van der Waals surface area contributed by atoms with Crippen LogP contribution in [0.1, 0.15) is 35.6 Å². The number of likely N-dealkylation sites (tertiary alicyclic amines) is 1. The van der Waals surface area contributed by atoms with Crippen LogP contribution in [0.4, 0.5) is 0 Å². The van der Waals surface area contributed by atoms with E-state index in [2.05, 4.69) is 0 Å². The second kappa shape index (κ2) is 8.82. The van der Waals surface area contributed by atoms with Crippen LogP contribution in [0.3, 0.4) is 0 Å². The summed E-state index contributed by atoms with van der Waals surface area (Å²) in [7, 11) is 1.50. The Bertz CT molecular complexity index is 1010. The van der Waals surface area contributed by atoms with Crippen LogP contribution in [0.15, 0.2) is 54.1 Å². The van der Waals surface area contributed by atoms with E-state index in [1.54, 1.807) is 48.5 Å². The van der Waals surface area contributed by atoms with Gasteiger partial charge in [-0.15, -0.1) is 0 Å². The number of aliphatic hydroxyl groups is 1. The third-order valence-electron chi connectivity index (χ3n) is 5.05. The van der Waals surface area contributed by atoms with Crippen LogP contribution in [-0.4, -0.2) is 41.3 Å². The van der Waals surface area contributed by atoms with Gasteiger partial charge < -0.3 is 24.6 Å². The minimum atomic E-state index is -1.23. The Hall–Kier alpha value is -3.61. The molecule has 30 heavy (non-hydrogen) atoms. The highest BCUT2D eigenvalue weighted by Crippen LogP contribution is 2.40. The van der Waals surface area contributed by atoms with Crippen LogP contribution in [0.2, 0.25) is 0 Å². The fourth-order valence-electron chi connectivity index (χ4n) is 3.53. The number of carboxylic acids is 1. The first kappa shape index (κ1) is 21.1. The normalized spacial score (nSPS) is 17.9. The second-order valence-electron chi connectivity index (χ2n) is 7.11. The number of ether oxygens (including phenoxy) is 1. The van der Waals surface area contributed by atoms with Gasteiger partial charge in [-0.1, -0.05) is 42.0 Å². The fraction of sp³-hybridized carbons (Fsp3) is 0.261. The molecule has 0 unspecified atom stereocenters. The average Bonchev–Trinajstić information content (AvgIpc) is 2.98. The summed E-state index contributed by atoms with van der Waals surface area (Å²) >= 11 is 0. The van der Waals surface area contributed by atoms with Gasteiger partial charge in [-0.2, -0.15) is 0 Å². The highest BCUT2D eigenvalue weighted by molar-refractivity contribution is 6.46. The van der Waals surface area contributed by atoms with Gasteiger partial charge in [0.05, 0.1) is 18.7 Å². The number of amides is 1. The first-order valence-corrected chi connectivity index (χ1v) is 9.52. The zero-order valence-corrected chi connectivity index (χ0v) is 16.8. The quantitative estimate of drug-likeness (QED) is 0.426. The SMILES string of the molecule is COc1cccc([C@@H]2C(=C(O)c3ccc(C)cc3)C(=O)C(=O)N2CCCC(=O)[O-])c1. The summed E-state index contributed by atoms with van der Waals surface area (Å²) < 4.78 is 5.26. The van der Waals surface area contributed by atoms with Gasteiger partial charge in [-0.3, -0.25) is 9.59 Å². The molecule has 1 amide bonds. The molecule has 0 saturated carbocycles. The minimum Gasteiger partial charge on any atom is -0.550 e. The van der Waals surface area contributed by atoms with Crippen molar-refractivity contribution in [1.82, 2.24) is 4.90 Å². The average molecular weight is 408 g/mol. The first-order valence-electron chi connectivity index (χ1n) is 9.52. The third kappa shape index (κ3) is 4.20. The van der Waals surface area contributed by atoms with Crippen molar-refractivity contribution in [1.29, 1.82) is 0 Å². The number of aliphatic carboxylic acids is 1. The van der Waals surface area contributed by atoms with E-state index >= 15 is 0 Å². The number of nitrogens with zero attached hydrogens (tertiary/aromatic N) is 1. The van der Waals surface area contributed by atoms with Crippen LogP contribution >= 0.6 is 0 Å². The topological polar surface area (TPSA) is 107 Å². The summed E-state index contributed by atoms with van der Waals surface area (Å²) in [5.41, 5.74) is 1.95. The molecule has 0 bridgehead atoms. The Kier molecular flexibility index (Phi) is 6.20. The van der Waals surface area contributed by atoms with E-state index in [1.807, 2.05) is 6.92 Å². The number of rotatable bonds is 7. The fourth-order valence-corrected chi connectivity index (χ4v) is 3.53. The van der Waals surface area contributed by atoms with Crippen molar-refractivity contribution < 1.29 is 29.3 Å². The number of benzene rings is 2. The van der Waals surface area contributed by atoms with Crippen LogP contribution in [-0.2, 0) is 14.4 Å². The number of Topliss-reactive ketones (excluding diaryl/α,β-unsaturated/α-hetero) is 1. The number of hydrogen-bond acceptors (Lipinski definition) is 6. The number of carboxylic acid groups (broad SMARTS) is 1. The van der Waals surface area contributed by atoms with Gasteiger partial charge in [0.2, 0.25) is 0 Å². The van der Waals surface area contributed by atoms with Gasteiger partial charge in [-0.25, -0.2) is 0 Å². The van der Waals surface area contributed by atoms with E-state index in [1.165, 1.54) is 12.0 Å². The molecule has 0 spiro atoms. The zero-order valence-electron chi connectivity index (χ0n) is 16.8. The van der Waals surface area contributed by atoms with E-state index in [-0.39, 0.29) is 30.7 Å². The Balaban J connectivity index is 2.11. The molecule has 156 valence electrons. The largest absolute Gasteiger partial charge is 0.550 e. The molecular weight excluding hydrogens is 386 g/mol. The predicted octanol–water partition coefficient (Wildman–Crippen LogP) is 1.96. The van der Waals surface area contributed by atoms with Gasteiger partial charge in [0, 0.05) is 18.1 Å². The lowest BCUT2D eigenvalue weighted by atomic mass is 9.95. The molecule has 7 heteroatoms. The number of hydrogen-bond donors (Lipinski definition) is 1. The van der Waals surface area contributed by atoms with E-state index in [9.17, 15) is 24.6 Å². The second-order valence-corrected chi connectivity index (χ2v) is 7.11. The summed E-state index contributed by atoms with van der Waals surface area (Å²) in [6.07, 6.45) is -0.119. The first-order chi connectivity index (χ1) is 14.3. The molecule has 1 aliphatic rings. The molecule has 0 radical (unpaired) electrons. The molecule has 1 aliphatic heterocycles. The van der Waals surface area contributed by atoms with Gasteiger partial charge in [0.25, 0.3) is 11.7 Å². The summed E-state index contributed by atoms with van der Waals surface area (Å²) in [4.78, 5) is 37.7. The molecule has 2 aromatic rings. The number of aryl methyl sites for hydroxylation is 1. The summed E-state index contributed by atoms with van der Waals surface area (Å²) in [5, 5.41) is 21.7. The molecule has 7 nitrogen and oxygen atoms in total. The minimum absolute atomic E-state index is 0.0328. The lowest BCUT2D eigenvalue weighted by Crippen LogP contribution is -2.32. The Morgan fingerprint density at radius 2 is 1.87 bits per heavy atom. The molecule has 1 atom stereocenters. The number of ketones is 1.